The minimum atomic E-state index is -1.74. The minimum absolute atomic E-state index is 0.108. The van der Waals surface area contributed by atoms with Crippen LogP contribution in [0.4, 0.5) is 10.5 Å². The highest BCUT2D eigenvalue weighted by molar-refractivity contribution is 6.74. The van der Waals surface area contributed by atoms with Gasteiger partial charge in [-0.05, 0) is 36.7 Å². The molecule has 2 amide bonds. The Morgan fingerprint density at radius 3 is 2.35 bits per heavy atom. The fraction of sp³-hybridized carbons (Fsp3) is 0.474. The second-order valence-electron chi connectivity index (χ2n) is 7.56. The van der Waals surface area contributed by atoms with Gasteiger partial charge in [-0.25, -0.2) is 4.79 Å². The number of rotatable bonds is 7. The van der Waals surface area contributed by atoms with Crippen LogP contribution in [0, 0.1) is 0 Å². The first kappa shape index (κ1) is 21.9. The van der Waals surface area contributed by atoms with E-state index in [9.17, 15) is 14.7 Å². The minimum Gasteiger partial charge on any atom is -0.463 e. The smallest absolute Gasteiger partial charge is 0.431 e. The Hall–Kier alpha value is -2.12. The van der Waals surface area contributed by atoms with Crippen LogP contribution in [0.2, 0.25) is 18.1 Å². The third kappa shape index (κ3) is 7.01. The molecule has 0 saturated carbocycles. The highest BCUT2D eigenvalue weighted by Crippen LogP contribution is 2.36. The first-order valence-corrected chi connectivity index (χ1v) is 11.6. The van der Waals surface area contributed by atoms with E-state index in [0.717, 1.165) is 11.4 Å². The van der Waals surface area contributed by atoms with Gasteiger partial charge in [-0.15, -0.1) is 0 Å². The van der Waals surface area contributed by atoms with Crippen LogP contribution in [0.1, 0.15) is 33.6 Å². The largest absolute Gasteiger partial charge is 0.463 e. The van der Waals surface area contributed by atoms with E-state index in [1.807, 2.05) is 6.08 Å². The molecule has 0 unspecified atom stereocenters. The number of nitrogens with zero attached hydrogens (tertiary/aromatic N) is 1. The average Bonchev–Trinajstić information content (AvgIpc) is 2.55. The van der Waals surface area contributed by atoms with Crippen molar-refractivity contribution in [2.75, 3.05) is 11.6 Å². The molecule has 0 aliphatic rings. The molecular formula is C19H30N2O4Si. The lowest BCUT2D eigenvalue weighted by Gasteiger charge is -2.36. The molecule has 0 aliphatic carbocycles. The number of benzene rings is 1. The maximum absolute atomic E-state index is 12.0. The van der Waals surface area contributed by atoms with Crippen LogP contribution < -0.4 is 10.4 Å². The Labute approximate surface area is 157 Å². The summed E-state index contributed by atoms with van der Waals surface area (Å²) in [5.41, 5.74) is 2.78. The van der Waals surface area contributed by atoms with Crippen LogP contribution in [0.3, 0.4) is 0 Å². The van der Waals surface area contributed by atoms with E-state index in [4.69, 9.17) is 4.43 Å². The number of hydrogen-bond donors (Lipinski definition) is 2. The molecule has 1 aromatic carbocycles. The number of carboxylic acid groups (broad SMARTS) is 1. The van der Waals surface area contributed by atoms with Gasteiger partial charge < -0.3 is 9.53 Å². The van der Waals surface area contributed by atoms with Crippen LogP contribution >= 0.6 is 0 Å². The zero-order chi connectivity index (χ0) is 19.8. The normalized spacial score (nSPS) is 12.2. The van der Waals surface area contributed by atoms with Gasteiger partial charge in [-0.1, -0.05) is 51.1 Å². The van der Waals surface area contributed by atoms with Crippen molar-refractivity contribution in [3.05, 3.63) is 42.5 Å². The van der Waals surface area contributed by atoms with Gasteiger partial charge in [0.2, 0.25) is 5.91 Å². The average molecular weight is 379 g/mol. The van der Waals surface area contributed by atoms with Crippen molar-refractivity contribution in [3.8, 4) is 0 Å². The lowest BCUT2D eigenvalue weighted by Crippen LogP contribution is -2.45. The highest BCUT2D eigenvalue weighted by Gasteiger charge is 2.36. The summed E-state index contributed by atoms with van der Waals surface area (Å²) in [6.07, 6.45) is 3.21. The lowest BCUT2D eigenvalue weighted by molar-refractivity contribution is -0.120. The molecule has 7 heteroatoms. The van der Waals surface area contributed by atoms with Crippen molar-refractivity contribution in [2.45, 2.75) is 51.7 Å². The number of nitrogens with one attached hydrogen (secondary N) is 1. The summed E-state index contributed by atoms with van der Waals surface area (Å²) in [5, 5.41) is 10.2. The van der Waals surface area contributed by atoms with E-state index < -0.39 is 20.3 Å². The summed E-state index contributed by atoms with van der Waals surface area (Å²) in [6.45, 7) is 11.6. The molecule has 0 radical (unpaired) electrons. The molecule has 26 heavy (non-hydrogen) atoms. The zero-order valence-electron chi connectivity index (χ0n) is 16.3. The standard InChI is InChI=1S/C19H30N2O4Si/c1-19(2,3)26(4,5)25-15-11-7-10-14-17(22)20-21(18(23)24)16-12-8-6-9-13-16/h6-10,12-13H,11,14-15H2,1-5H3,(H,20,22)(H,23,24). The third-order valence-electron chi connectivity index (χ3n) is 4.47. The lowest BCUT2D eigenvalue weighted by atomic mass is 10.2. The van der Waals surface area contributed by atoms with Crippen LogP contribution in [0.25, 0.3) is 0 Å². The molecule has 0 aliphatic heterocycles. The third-order valence-corrected chi connectivity index (χ3v) is 9.00. The summed E-state index contributed by atoms with van der Waals surface area (Å²) in [7, 11) is -1.74. The van der Waals surface area contributed by atoms with Crippen molar-refractivity contribution in [3.63, 3.8) is 0 Å². The topological polar surface area (TPSA) is 78.9 Å². The summed E-state index contributed by atoms with van der Waals surface area (Å²) < 4.78 is 6.06. The Morgan fingerprint density at radius 2 is 1.81 bits per heavy atom. The first-order valence-electron chi connectivity index (χ1n) is 8.71. The van der Waals surface area contributed by atoms with Crippen molar-refractivity contribution in [1.29, 1.82) is 0 Å². The molecule has 0 bridgehead atoms. The van der Waals surface area contributed by atoms with Crippen LogP contribution in [0.5, 0.6) is 0 Å². The van der Waals surface area contributed by atoms with Gasteiger partial charge in [0.15, 0.2) is 8.32 Å². The van der Waals surface area contributed by atoms with Gasteiger partial charge in [-0.2, -0.15) is 5.01 Å². The molecule has 0 spiro atoms. The van der Waals surface area contributed by atoms with Gasteiger partial charge >= 0.3 is 6.09 Å². The van der Waals surface area contributed by atoms with Crippen LogP contribution in [-0.2, 0) is 9.22 Å². The molecule has 0 heterocycles. The van der Waals surface area contributed by atoms with E-state index in [2.05, 4.69) is 39.3 Å². The van der Waals surface area contributed by atoms with Gasteiger partial charge in [0.1, 0.15) is 0 Å². The predicted molar refractivity (Wildman–Crippen MR) is 107 cm³/mol. The molecule has 144 valence electrons. The first-order chi connectivity index (χ1) is 12.0. The van der Waals surface area contributed by atoms with Gasteiger partial charge in [0.05, 0.1) is 5.69 Å². The van der Waals surface area contributed by atoms with E-state index >= 15 is 0 Å². The van der Waals surface area contributed by atoms with E-state index in [0.29, 0.717) is 12.3 Å². The van der Waals surface area contributed by atoms with Gasteiger partial charge in [0, 0.05) is 13.0 Å². The Bertz CT molecular complexity index is 624. The van der Waals surface area contributed by atoms with Crippen molar-refractivity contribution < 1.29 is 19.1 Å². The van der Waals surface area contributed by atoms with Crippen molar-refractivity contribution >= 4 is 26.0 Å². The molecule has 0 fully saturated rings. The van der Waals surface area contributed by atoms with Crippen LogP contribution in [0.15, 0.2) is 42.5 Å². The molecular weight excluding hydrogens is 348 g/mol. The fourth-order valence-corrected chi connectivity index (χ4v) is 2.94. The van der Waals surface area contributed by atoms with Crippen molar-refractivity contribution in [1.82, 2.24) is 5.43 Å². The fourth-order valence-electron chi connectivity index (χ4n) is 1.88. The summed E-state index contributed by atoms with van der Waals surface area (Å²) >= 11 is 0. The zero-order valence-corrected chi connectivity index (χ0v) is 17.3. The predicted octanol–water partition coefficient (Wildman–Crippen LogP) is 4.56. The number of para-hydroxylation sites is 1. The van der Waals surface area contributed by atoms with Crippen LogP contribution in [-0.4, -0.2) is 32.0 Å². The molecule has 1 rings (SSSR count). The molecule has 1 aromatic rings. The number of anilines is 1. The summed E-state index contributed by atoms with van der Waals surface area (Å²) in [5.74, 6) is -0.391. The quantitative estimate of drug-likeness (QED) is 0.315. The molecule has 6 nitrogen and oxygen atoms in total. The molecule has 0 atom stereocenters. The maximum Gasteiger partial charge on any atom is 0.431 e. The maximum atomic E-state index is 12.0. The monoisotopic (exact) mass is 378 g/mol. The van der Waals surface area contributed by atoms with Crippen molar-refractivity contribution in [2.24, 2.45) is 0 Å². The summed E-state index contributed by atoms with van der Waals surface area (Å²) in [4.78, 5) is 23.3. The summed E-state index contributed by atoms with van der Waals surface area (Å²) in [6, 6.07) is 8.42. The number of amides is 2. The second kappa shape index (κ2) is 9.54. The number of carbonyl (C=O) groups is 2. The number of carbonyl (C=O) groups excluding carboxylic acids is 1. The number of hydrogen-bond acceptors (Lipinski definition) is 3. The Kier molecular flexibility index (Phi) is 8.04. The van der Waals surface area contributed by atoms with E-state index in [1.165, 1.54) is 0 Å². The Balaban J connectivity index is 2.41. The van der Waals surface area contributed by atoms with E-state index in [-0.39, 0.29) is 11.5 Å². The molecule has 0 saturated heterocycles. The molecule has 0 aromatic heterocycles. The number of hydrazine groups is 1. The van der Waals surface area contributed by atoms with E-state index in [1.54, 1.807) is 36.4 Å². The second-order valence-corrected chi connectivity index (χ2v) is 12.4. The van der Waals surface area contributed by atoms with Gasteiger partial charge in [-0.3, -0.25) is 10.2 Å². The SMILES string of the molecule is CC(C)(C)[Si](C)(C)OCCC=CCC(=O)NN(C(=O)O)c1ccccc1. The highest BCUT2D eigenvalue weighted by atomic mass is 28.4. The molecule has 2 N–H and O–H groups in total. The van der Waals surface area contributed by atoms with Gasteiger partial charge in [0.25, 0.3) is 0 Å². The Morgan fingerprint density at radius 1 is 1.19 bits per heavy atom.